The predicted octanol–water partition coefficient (Wildman–Crippen LogP) is 3.05. The molecular formula is C12H13ClFN3. The molecule has 0 fully saturated rings. The lowest BCUT2D eigenvalue weighted by Crippen LogP contribution is -2.20. The van der Waals surface area contributed by atoms with Crippen LogP contribution in [0.4, 0.5) is 4.39 Å². The summed E-state index contributed by atoms with van der Waals surface area (Å²) in [6.45, 7) is 2.41. The molecule has 0 bridgehead atoms. The van der Waals surface area contributed by atoms with Crippen LogP contribution in [-0.4, -0.2) is 9.97 Å². The van der Waals surface area contributed by atoms with Crippen molar-refractivity contribution in [2.45, 2.75) is 19.5 Å². The van der Waals surface area contributed by atoms with E-state index in [0.29, 0.717) is 17.1 Å². The highest BCUT2D eigenvalue weighted by atomic mass is 35.5. The lowest BCUT2D eigenvalue weighted by molar-refractivity contribution is 0.521. The summed E-state index contributed by atoms with van der Waals surface area (Å²) in [7, 11) is 0. The van der Waals surface area contributed by atoms with Crippen LogP contribution in [0.2, 0.25) is 5.02 Å². The zero-order valence-electron chi connectivity index (χ0n) is 9.37. The number of hydrogen-bond acceptors (Lipinski definition) is 2. The molecule has 0 amide bonds. The van der Waals surface area contributed by atoms with Crippen molar-refractivity contribution in [1.82, 2.24) is 15.3 Å². The normalized spacial score (nSPS) is 12.6. The molecule has 0 aliphatic carbocycles. The minimum absolute atomic E-state index is 0.172. The summed E-state index contributed by atoms with van der Waals surface area (Å²) in [5.41, 5.74) is 0.487. The predicted molar refractivity (Wildman–Crippen MR) is 65.3 cm³/mol. The maximum absolute atomic E-state index is 13.6. The molecule has 0 aliphatic rings. The zero-order chi connectivity index (χ0) is 12.3. The minimum atomic E-state index is -0.294. The van der Waals surface area contributed by atoms with Gasteiger partial charge in [-0.25, -0.2) is 9.37 Å². The van der Waals surface area contributed by atoms with Crippen LogP contribution >= 0.6 is 11.6 Å². The summed E-state index contributed by atoms with van der Waals surface area (Å²) in [4.78, 5) is 7.05. The number of halogens is 2. The minimum Gasteiger partial charge on any atom is -0.348 e. The van der Waals surface area contributed by atoms with Gasteiger partial charge in [-0.15, -0.1) is 0 Å². The van der Waals surface area contributed by atoms with Crippen molar-refractivity contribution < 1.29 is 4.39 Å². The third-order valence-corrected chi connectivity index (χ3v) is 2.89. The van der Waals surface area contributed by atoms with Crippen LogP contribution in [0, 0.1) is 5.82 Å². The Balaban J connectivity index is 2.07. The Kier molecular flexibility index (Phi) is 3.76. The van der Waals surface area contributed by atoms with E-state index >= 15 is 0 Å². The van der Waals surface area contributed by atoms with Crippen LogP contribution in [-0.2, 0) is 6.54 Å². The van der Waals surface area contributed by atoms with E-state index in [4.69, 9.17) is 11.6 Å². The Morgan fingerprint density at radius 1 is 1.53 bits per heavy atom. The van der Waals surface area contributed by atoms with Gasteiger partial charge in [-0.05, 0) is 19.1 Å². The van der Waals surface area contributed by atoms with Gasteiger partial charge in [-0.2, -0.15) is 0 Å². The highest BCUT2D eigenvalue weighted by Crippen LogP contribution is 2.25. The standard InChI is InChI=1S/C12H13ClFN3/c1-8(17-7-11-15-5-6-16-11)12-9(13)3-2-4-10(12)14/h2-6,8,17H,7H2,1H3,(H,15,16)/t8-/m0/s1. The second-order valence-electron chi connectivity index (χ2n) is 3.77. The zero-order valence-corrected chi connectivity index (χ0v) is 10.1. The van der Waals surface area contributed by atoms with E-state index in [1.54, 1.807) is 24.5 Å². The molecule has 2 N–H and O–H groups in total. The Labute approximate surface area is 104 Å². The number of hydrogen-bond donors (Lipinski definition) is 2. The fraction of sp³-hybridized carbons (Fsp3) is 0.250. The number of H-pyrrole nitrogens is 1. The molecule has 2 rings (SSSR count). The van der Waals surface area contributed by atoms with E-state index in [9.17, 15) is 4.39 Å². The van der Waals surface area contributed by atoms with Gasteiger partial charge in [0, 0.05) is 29.0 Å². The molecule has 0 spiro atoms. The van der Waals surface area contributed by atoms with E-state index in [1.165, 1.54) is 6.07 Å². The number of rotatable bonds is 4. The summed E-state index contributed by atoms with van der Waals surface area (Å²) < 4.78 is 13.6. The molecule has 1 heterocycles. The van der Waals surface area contributed by atoms with Gasteiger partial charge in [0.1, 0.15) is 11.6 Å². The molecule has 0 unspecified atom stereocenters. The highest BCUT2D eigenvalue weighted by Gasteiger charge is 2.14. The molecule has 2 aromatic rings. The number of benzene rings is 1. The van der Waals surface area contributed by atoms with Crippen molar-refractivity contribution in [1.29, 1.82) is 0 Å². The molecular weight excluding hydrogens is 241 g/mol. The van der Waals surface area contributed by atoms with Gasteiger partial charge in [0.2, 0.25) is 0 Å². The van der Waals surface area contributed by atoms with Gasteiger partial charge in [-0.1, -0.05) is 17.7 Å². The molecule has 1 aromatic heterocycles. The van der Waals surface area contributed by atoms with Crippen LogP contribution < -0.4 is 5.32 Å². The molecule has 17 heavy (non-hydrogen) atoms. The third kappa shape index (κ3) is 2.84. The fourth-order valence-corrected chi connectivity index (χ4v) is 2.00. The second-order valence-corrected chi connectivity index (χ2v) is 4.18. The van der Waals surface area contributed by atoms with Crippen molar-refractivity contribution >= 4 is 11.6 Å². The number of nitrogens with one attached hydrogen (secondary N) is 2. The first kappa shape index (κ1) is 12.1. The molecule has 1 atom stereocenters. The van der Waals surface area contributed by atoms with Crippen molar-refractivity contribution in [3.63, 3.8) is 0 Å². The number of aromatic nitrogens is 2. The molecule has 5 heteroatoms. The molecule has 0 saturated heterocycles. The highest BCUT2D eigenvalue weighted by molar-refractivity contribution is 6.31. The average Bonchev–Trinajstić information content (AvgIpc) is 2.79. The van der Waals surface area contributed by atoms with Gasteiger partial charge in [0.15, 0.2) is 0 Å². The van der Waals surface area contributed by atoms with Gasteiger partial charge in [0.05, 0.1) is 6.54 Å². The van der Waals surface area contributed by atoms with Crippen LogP contribution in [0.5, 0.6) is 0 Å². The van der Waals surface area contributed by atoms with Crippen molar-refractivity contribution in [3.05, 3.63) is 52.8 Å². The van der Waals surface area contributed by atoms with Gasteiger partial charge in [0.25, 0.3) is 0 Å². The number of aromatic amines is 1. The van der Waals surface area contributed by atoms with Crippen LogP contribution in [0.25, 0.3) is 0 Å². The first-order chi connectivity index (χ1) is 8.18. The Bertz CT molecular complexity index is 464. The van der Waals surface area contributed by atoms with Crippen LogP contribution in [0.15, 0.2) is 30.6 Å². The number of nitrogens with zero attached hydrogens (tertiary/aromatic N) is 1. The van der Waals surface area contributed by atoms with E-state index in [0.717, 1.165) is 5.82 Å². The molecule has 3 nitrogen and oxygen atoms in total. The summed E-state index contributed by atoms with van der Waals surface area (Å²) >= 11 is 5.98. The first-order valence-corrected chi connectivity index (χ1v) is 5.72. The smallest absolute Gasteiger partial charge is 0.129 e. The molecule has 90 valence electrons. The van der Waals surface area contributed by atoms with E-state index in [-0.39, 0.29) is 11.9 Å². The topological polar surface area (TPSA) is 40.7 Å². The van der Waals surface area contributed by atoms with Crippen LogP contribution in [0.1, 0.15) is 24.4 Å². The monoisotopic (exact) mass is 253 g/mol. The summed E-state index contributed by atoms with van der Waals surface area (Å²) in [6.07, 6.45) is 3.43. The van der Waals surface area contributed by atoms with Gasteiger partial charge >= 0.3 is 0 Å². The fourth-order valence-electron chi connectivity index (χ4n) is 1.67. The number of imidazole rings is 1. The second kappa shape index (κ2) is 5.29. The lowest BCUT2D eigenvalue weighted by atomic mass is 10.1. The molecule has 0 saturated carbocycles. The van der Waals surface area contributed by atoms with Gasteiger partial charge < -0.3 is 10.3 Å². The van der Waals surface area contributed by atoms with Crippen molar-refractivity contribution in [2.24, 2.45) is 0 Å². The lowest BCUT2D eigenvalue weighted by Gasteiger charge is -2.15. The largest absolute Gasteiger partial charge is 0.348 e. The van der Waals surface area contributed by atoms with Crippen molar-refractivity contribution in [2.75, 3.05) is 0 Å². The average molecular weight is 254 g/mol. The summed E-state index contributed by atoms with van der Waals surface area (Å²) in [6, 6.07) is 4.52. The maximum Gasteiger partial charge on any atom is 0.129 e. The SMILES string of the molecule is C[C@H](NCc1ncc[nH]1)c1c(F)cccc1Cl. The summed E-state index contributed by atoms with van der Waals surface area (Å²) in [5.74, 6) is 0.515. The maximum atomic E-state index is 13.6. The first-order valence-electron chi connectivity index (χ1n) is 5.34. The van der Waals surface area contributed by atoms with E-state index < -0.39 is 0 Å². The Morgan fingerprint density at radius 2 is 2.35 bits per heavy atom. The molecule has 0 radical (unpaired) electrons. The van der Waals surface area contributed by atoms with E-state index in [2.05, 4.69) is 15.3 Å². The Hall–Kier alpha value is -1.39. The van der Waals surface area contributed by atoms with Crippen molar-refractivity contribution in [3.8, 4) is 0 Å². The van der Waals surface area contributed by atoms with Gasteiger partial charge in [-0.3, -0.25) is 0 Å². The quantitative estimate of drug-likeness (QED) is 0.879. The molecule has 0 aliphatic heterocycles. The van der Waals surface area contributed by atoms with Crippen LogP contribution in [0.3, 0.4) is 0 Å². The Morgan fingerprint density at radius 3 is 3.00 bits per heavy atom. The van der Waals surface area contributed by atoms with E-state index in [1.807, 2.05) is 6.92 Å². The molecule has 1 aromatic carbocycles. The summed E-state index contributed by atoms with van der Waals surface area (Å²) in [5, 5.41) is 3.60. The third-order valence-electron chi connectivity index (χ3n) is 2.56.